The summed E-state index contributed by atoms with van der Waals surface area (Å²) in [5, 5.41) is 8.53. The van der Waals surface area contributed by atoms with E-state index in [4.69, 9.17) is 9.94 Å². The highest BCUT2D eigenvalue weighted by Crippen LogP contribution is 2.07. The second-order valence-corrected chi connectivity index (χ2v) is 5.12. The van der Waals surface area contributed by atoms with Gasteiger partial charge in [0.15, 0.2) is 0 Å². The summed E-state index contributed by atoms with van der Waals surface area (Å²) in [5.41, 5.74) is 3.87. The van der Waals surface area contributed by atoms with Crippen molar-refractivity contribution >= 4 is 11.9 Å². The fourth-order valence-corrected chi connectivity index (χ4v) is 2.16. The summed E-state index contributed by atoms with van der Waals surface area (Å²) in [6, 6.07) is 16.5. The number of amides is 1. The molecule has 0 aliphatic rings. The molecular weight excluding hydrogens is 294 g/mol. The lowest BCUT2D eigenvalue weighted by Gasteiger charge is -2.06. The van der Waals surface area contributed by atoms with Gasteiger partial charge < -0.3 is 4.74 Å². The van der Waals surface area contributed by atoms with Crippen LogP contribution in [0.5, 0.6) is 0 Å². The molecule has 0 bridgehead atoms. The van der Waals surface area contributed by atoms with Crippen LogP contribution in [-0.2, 0) is 22.4 Å². The van der Waals surface area contributed by atoms with Gasteiger partial charge in [-0.1, -0.05) is 42.5 Å². The number of benzene rings is 2. The van der Waals surface area contributed by atoms with E-state index in [0.29, 0.717) is 12.2 Å². The zero-order chi connectivity index (χ0) is 16.5. The number of hydrogen-bond acceptors (Lipinski definition) is 4. The molecule has 2 N–H and O–H groups in total. The van der Waals surface area contributed by atoms with Crippen LogP contribution in [0.3, 0.4) is 0 Å². The topological polar surface area (TPSA) is 75.6 Å². The number of ether oxygens (including phenoxy) is 1. The number of carbonyl (C=O) groups excluding carboxylic acids is 2. The second kappa shape index (κ2) is 8.70. The molecule has 2 aromatic rings. The molecule has 2 rings (SSSR count). The molecule has 5 heteroatoms. The molecule has 0 heterocycles. The zero-order valence-electron chi connectivity index (χ0n) is 12.7. The summed E-state index contributed by atoms with van der Waals surface area (Å²) in [7, 11) is 0. The lowest BCUT2D eigenvalue weighted by Crippen LogP contribution is -2.18. The smallest absolute Gasteiger partial charge is 0.310 e. The average molecular weight is 313 g/mol. The van der Waals surface area contributed by atoms with Gasteiger partial charge in [-0.25, -0.2) is 5.48 Å². The Labute approximate surface area is 134 Å². The van der Waals surface area contributed by atoms with Crippen molar-refractivity contribution in [3.8, 4) is 0 Å². The molecule has 0 spiro atoms. The normalized spacial score (nSPS) is 10.1. The van der Waals surface area contributed by atoms with E-state index in [9.17, 15) is 9.59 Å². The maximum Gasteiger partial charge on any atom is 0.310 e. The molecule has 0 radical (unpaired) electrons. The molecule has 0 aromatic heterocycles. The van der Waals surface area contributed by atoms with Crippen LogP contribution in [0.4, 0.5) is 0 Å². The van der Waals surface area contributed by atoms with E-state index in [1.165, 1.54) is 5.56 Å². The molecule has 5 nitrogen and oxygen atoms in total. The highest BCUT2D eigenvalue weighted by atomic mass is 16.5. The summed E-state index contributed by atoms with van der Waals surface area (Å²) in [4.78, 5) is 22.9. The SMILES string of the molecule is O=C(Cc1ccc(C(=O)NO)cc1)OCCCc1ccccc1. The van der Waals surface area contributed by atoms with Gasteiger partial charge in [0.05, 0.1) is 13.0 Å². The molecule has 120 valence electrons. The first kappa shape index (κ1) is 16.7. The maximum atomic E-state index is 11.8. The van der Waals surface area contributed by atoms with Crippen LogP contribution in [0.2, 0.25) is 0 Å². The van der Waals surface area contributed by atoms with Crippen molar-refractivity contribution in [1.82, 2.24) is 5.48 Å². The van der Waals surface area contributed by atoms with E-state index in [2.05, 4.69) is 0 Å². The first-order chi connectivity index (χ1) is 11.2. The number of nitrogens with one attached hydrogen (secondary N) is 1. The maximum absolute atomic E-state index is 11.8. The Kier molecular flexibility index (Phi) is 6.32. The van der Waals surface area contributed by atoms with Crippen LogP contribution in [0, 0.1) is 0 Å². The van der Waals surface area contributed by atoms with Gasteiger partial charge >= 0.3 is 5.97 Å². The minimum atomic E-state index is -0.583. The van der Waals surface area contributed by atoms with E-state index in [1.807, 2.05) is 30.3 Å². The molecule has 0 unspecified atom stereocenters. The third-order valence-electron chi connectivity index (χ3n) is 3.38. The molecule has 0 fully saturated rings. The van der Waals surface area contributed by atoms with Crippen LogP contribution in [0.15, 0.2) is 54.6 Å². The highest BCUT2D eigenvalue weighted by Gasteiger charge is 2.07. The van der Waals surface area contributed by atoms with Crippen molar-refractivity contribution in [3.63, 3.8) is 0 Å². The Morgan fingerprint density at radius 2 is 1.65 bits per heavy atom. The number of hydroxylamine groups is 1. The van der Waals surface area contributed by atoms with Crippen LogP contribution < -0.4 is 5.48 Å². The lowest BCUT2D eigenvalue weighted by atomic mass is 10.1. The molecule has 2 aromatic carbocycles. The molecule has 0 aliphatic carbocycles. The van der Waals surface area contributed by atoms with Crippen LogP contribution >= 0.6 is 0 Å². The molecule has 0 saturated heterocycles. The van der Waals surface area contributed by atoms with Gasteiger partial charge in [-0.05, 0) is 36.1 Å². The van der Waals surface area contributed by atoms with Crippen LogP contribution in [0.1, 0.15) is 27.9 Å². The van der Waals surface area contributed by atoms with Crippen molar-refractivity contribution < 1.29 is 19.5 Å². The van der Waals surface area contributed by atoms with Gasteiger partial charge in [0.25, 0.3) is 5.91 Å². The van der Waals surface area contributed by atoms with Crippen molar-refractivity contribution in [3.05, 3.63) is 71.3 Å². The Hall–Kier alpha value is -2.66. The summed E-state index contributed by atoms with van der Waals surface area (Å²) in [5.74, 6) is -0.877. The summed E-state index contributed by atoms with van der Waals surface area (Å²) < 4.78 is 5.21. The fraction of sp³-hybridized carbons (Fsp3) is 0.222. The largest absolute Gasteiger partial charge is 0.465 e. The summed E-state index contributed by atoms with van der Waals surface area (Å²) in [6.07, 6.45) is 1.82. The van der Waals surface area contributed by atoms with Crippen molar-refractivity contribution in [1.29, 1.82) is 0 Å². The Balaban J connectivity index is 1.71. The van der Waals surface area contributed by atoms with Crippen molar-refractivity contribution in [2.24, 2.45) is 0 Å². The molecule has 0 aliphatic heterocycles. The van der Waals surface area contributed by atoms with Crippen LogP contribution in [0.25, 0.3) is 0 Å². The van der Waals surface area contributed by atoms with E-state index in [0.717, 1.165) is 18.4 Å². The summed E-state index contributed by atoms with van der Waals surface area (Å²) >= 11 is 0. The highest BCUT2D eigenvalue weighted by molar-refractivity contribution is 5.93. The molecule has 0 saturated carbocycles. The lowest BCUT2D eigenvalue weighted by molar-refractivity contribution is -0.142. The average Bonchev–Trinajstić information content (AvgIpc) is 2.59. The van der Waals surface area contributed by atoms with Crippen molar-refractivity contribution in [2.45, 2.75) is 19.3 Å². The van der Waals surface area contributed by atoms with E-state index in [1.54, 1.807) is 29.7 Å². The van der Waals surface area contributed by atoms with Gasteiger partial charge in [0, 0.05) is 5.56 Å². The second-order valence-electron chi connectivity index (χ2n) is 5.12. The number of esters is 1. The zero-order valence-corrected chi connectivity index (χ0v) is 12.7. The molecule has 0 atom stereocenters. The molecular formula is C18H19NO4. The van der Waals surface area contributed by atoms with Crippen molar-refractivity contribution in [2.75, 3.05) is 6.61 Å². The number of carbonyl (C=O) groups is 2. The van der Waals surface area contributed by atoms with Gasteiger partial charge in [0.2, 0.25) is 0 Å². The Morgan fingerprint density at radius 1 is 0.957 bits per heavy atom. The van der Waals surface area contributed by atoms with Crippen LogP contribution in [-0.4, -0.2) is 23.7 Å². The fourth-order valence-electron chi connectivity index (χ4n) is 2.16. The molecule has 23 heavy (non-hydrogen) atoms. The third kappa shape index (κ3) is 5.56. The predicted octanol–water partition coefficient (Wildman–Crippen LogP) is 2.52. The summed E-state index contributed by atoms with van der Waals surface area (Å²) in [6.45, 7) is 0.388. The third-order valence-corrected chi connectivity index (χ3v) is 3.38. The molecule has 1 amide bonds. The number of aryl methyl sites for hydroxylation is 1. The first-order valence-electron chi connectivity index (χ1n) is 7.42. The predicted molar refractivity (Wildman–Crippen MR) is 85.1 cm³/mol. The quantitative estimate of drug-likeness (QED) is 0.356. The van der Waals surface area contributed by atoms with E-state index < -0.39 is 5.91 Å². The van der Waals surface area contributed by atoms with Gasteiger partial charge in [-0.3, -0.25) is 14.8 Å². The van der Waals surface area contributed by atoms with E-state index in [-0.39, 0.29) is 12.4 Å². The van der Waals surface area contributed by atoms with Gasteiger partial charge in [0.1, 0.15) is 0 Å². The Morgan fingerprint density at radius 3 is 2.30 bits per heavy atom. The number of hydrogen-bond donors (Lipinski definition) is 2. The van der Waals surface area contributed by atoms with Gasteiger partial charge in [-0.15, -0.1) is 0 Å². The van der Waals surface area contributed by atoms with Gasteiger partial charge in [-0.2, -0.15) is 0 Å². The number of rotatable bonds is 7. The van der Waals surface area contributed by atoms with E-state index >= 15 is 0 Å². The minimum Gasteiger partial charge on any atom is -0.465 e. The monoisotopic (exact) mass is 313 g/mol. The minimum absolute atomic E-state index is 0.159. The first-order valence-corrected chi connectivity index (χ1v) is 7.42. The Bertz CT molecular complexity index is 638. The standard InChI is InChI=1S/C18H19NO4/c20-17(23-12-4-7-14-5-2-1-3-6-14)13-15-8-10-16(11-9-15)18(21)19-22/h1-3,5-6,8-11,22H,4,7,12-13H2,(H,19,21).